The number of furan rings is 1. The maximum atomic E-state index is 12.5. The van der Waals surface area contributed by atoms with Crippen molar-refractivity contribution in [1.82, 2.24) is 29.9 Å². The molecule has 0 aliphatic carbocycles. The van der Waals surface area contributed by atoms with Gasteiger partial charge in [0.2, 0.25) is 5.91 Å². The molecule has 5 rings (SSSR count). The second-order valence-electron chi connectivity index (χ2n) is 9.53. The molecule has 0 unspecified atom stereocenters. The Bertz CT molecular complexity index is 1080. The normalized spacial score (nSPS) is 19.5. The molecule has 1 fully saturated rings. The fraction of sp³-hybridized carbons (Fsp3) is 0.500. The molecule has 0 saturated carbocycles. The summed E-state index contributed by atoms with van der Waals surface area (Å²) in [5.74, 6) is 3.20. The van der Waals surface area contributed by atoms with Crippen LogP contribution in [0.25, 0.3) is 11.3 Å². The Morgan fingerprint density at radius 2 is 2.00 bits per heavy atom. The molecule has 4 heterocycles. The summed E-state index contributed by atoms with van der Waals surface area (Å²) in [6, 6.07) is 12.5. The van der Waals surface area contributed by atoms with Crippen LogP contribution in [0.3, 0.4) is 0 Å². The summed E-state index contributed by atoms with van der Waals surface area (Å²) >= 11 is 0. The lowest BCUT2D eigenvalue weighted by atomic mass is 9.97. The first-order valence-electron chi connectivity index (χ1n) is 12.4. The maximum Gasteiger partial charge on any atom is 0.224 e. The van der Waals surface area contributed by atoms with Crippen LogP contribution in [0, 0.1) is 5.92 Å². The molecule has 1 atom stereocenters. The van der Waals surface area contributed by atoms with Crippen molar-refractivity contribution < 1.29 is 9.21 Å². The summed E-state index contributed by atoms with van der Waals surface area (Å²) in [6.07, 6.45) is 5.39. The lowest BCUT2D eigenvalue weighted by Crippen LogP contribution is -2.42. The van der Waals surface area contributed by atoms with Gasteiger partial charge in [-0.15, -0.1) is 10.2 Å². The number of aromatic nitrogens is 3. The molecule has 180 valence electrons. The number of benzene rings is 1. The van der Waals surface area contributed by atoms with Crippen molar-refractivity contribution in [2.75, 3.05) is 39.8 Å². The fourth-order valence-corrected chi connectivity index (χ4v) is 5.07. The predicted molar refractivity (Wildman–Crippen MR) is 130 cm³/mol. The minimum atomic E-state index is 0.107. The summed E-state index contributed by atoms with van der Waals surface area (Å²) in [5, 5.41) is 12.0. The van der Waals surface area contributed by atoms with Gasteiger partial charge < -0.3 is 19.2 Å². The van der Waals surface area contributed by atoms with Crippen LogP contribution < -0.4 is 5.32 Å². The third-order valence-electron chi connectivity index (χ3n) is 7.00. The Balaban J connectivity index is 1.12. The van der Waals surface area contributed by atoms with E-state index in [0.29, 0.717) is 6.54 Å². The van der Waals surface area contributed by atoms with Crippen LogP contribution in [0.15, 0.2) is 47.1 Å². The number of nitrogens with zero attached hydrogens (tertiary/aromatic N) is 5. The van der Waals surface area contributed by atoms with Crippen molar-refractivity contribution in [1.29, 1.82) is 0 Å². The average molecular weight is 463 g/mol. The zero-order valence-corrected chi connectivity index (χ0v) is 19.9. The smallest absolute Gasteiger partial charge is 0.224 e. The third kappa shape index (κ3) is 5.39. The minimum absolute atomic E-state index is 0.107. The molecule has 34 heavy (non-hydrogen) atoms. The molecule has 0 spiro atoms. The summed E-state index contributed by atoms with van der Waals surface area (Å²) in [7, 11) is 2.09. The zero-order chi connectivity index (χ0) is 23.3. The van der Waals surface area contributed by atoms with Gasteiger partial charge in [-0.2, -0.15) is 0 Å². The number of piperidine rings is 1. The Morgan fingerprint density at radius 3 is 2.79 bits per heavy atom. The number of amides is 1. The number of hydrogen-bond acceptors (Lipinski definition) is 6. The molecular formula is C26H34N6O2. The van der Waals surface area contributed by atoms with Crippen LogP contribution in [0.1, 0.15) is 30.1 Å². The lowest BCUT2D eigenvalue weighted by molar-refractivity contribution is -0.126. The quantitative estimate of drug-likeness (QED) is 0.582. The number of carbonyl (C=O) groups excluding carboxylic acids is 1. The highest BCUT2D eigenvalue weighted by atomic mass is 16.3. The summed E-state index contributed by atoms with van der Waals surface area (Å²) in [5.41, 5.74) is 2.40. The maximum absolute atomic E-state index is 12.5. The third-order valence-corrected chi connectivity index (χ3v) is 7.00. The number of likely N-dealkylation sites (tertiary alicyclic amines) is 1. The first-order chi connectivity index (χ1) is 16.7. The fourth-order valence-electron chi connectivity index (χ4n) is 5.07. The molecule has 3 aromatic rings. The highest BCUT2D eigenvalue weighted by Gasteiger charge is 2.24. The molecule has 0 radical (unpaired) electrons. The second-order valence-corrected chi connectivity index (χ2v) is 9.53. The Labute approximate surface area is 200 Å². The van der Waals surface area contributed by atoms with Crippen LogP contribution in [0.5, 0.6) is 0 Å². The van der Waals surface area contributed by atoms with Crippen molar-refractivity contribution in [2.45, 2.75) is 38.8 Å². The van der Waals surface area contributed by atoms with E-state index >= 15 is 0 Å². The highest BCUT2D eigenvalue weighted by Crippen LogP contribution is 2.21. The molecule has 8 nitrogen and oxygen atoms in total. The molecule has 2 aliphatic rings. The number of fused-ring (bicyclic) bond motifs is 1. The molecule has 1 amide bonds. The number of rotatable bonds is 7. The topological polar surface area (TPSA) is 79.4 Å². The standard InChI is InChI=1S/C26H34N6O2/c1-30-13-2-4-22(19-30)26(33)27-12-10-24-28-29-25-11-14-31(15-16-32(24)25)18-20-6-8-21(9-7-20)23-5-3-17-34-23/h3,5-9,17,22H,2,4,10-16,18-19H2,1H3,(H,27,33)/t22-/m1/s1. The lowest BCUT2D eigenvalue weighted by Gasteiger charge is -2.28. The Kier molecular flexibility index (Phi) is 7.06. The molecule has 2 aliphatic heterocycles. The van der Waals surface area contributed by atoms with Crippen molar-refractivity contribution in [3.8, 4) is 11.3 Å². The van der Waals surface area contributed by atoms with E-state index in [9.17, 15) is 4.79 Å². The average Bonchev–Trinajstić information content (AvgIpc) is 3.47. The Hall–Kier alpha value is -2.97. The van der Waals surface area contributed by atoms with Crippen LogP contribution in [-0.4, -0.2) is 70.2 Å². The van der Waals surface area contributed by atoms with Crippen LogP contribution in [0.2, 0.25) is 0 Å². The molecule has 1 N–H and O–H groups in total. The molecule has 8 heteroatoms. The first-order valence-corrected chi connectivity index (χ1v) is 12.4. The van der Waals surface area contributed by atoms with Crippen LogP contribution in [0.4, 0.5) is 0 Å². The highest BCUT2D eigenvalue weighted by molar-refractivity contribution is 5.78. The SMILES string of the molecule is CN1CCC[C@@H](C(=O)NCCc2nnc3n2CCN(Cc2ccc(-c4ccco4)cc2)CC3)C1. The molecular weight excluding hydrogens is 428 g/mol. The number of hydrogen-bond donors (Lipinski definition) is 1. The van der Waals surface area contributed by atoms with Gasteiger partial charge in [0.1, 0.15) is 17.4 Å². The largest absolute Gasteiger partial charge is 0.464 e. The van der Waals surface area contributed by atoms with Gasteiger partial charge >= 0.3 is 0 Å². The van der Waals surface area contributed by atoms with Crippen molar-refractivity contribution in [2.24, 2.45) is 5.92 Å². The van der Waals surface area contributed by atoms with E-state index in [1.165, 1.54) is 5.56 Å². The van der Waals surface area contributed by atoms with Crippen LogP contribution >= 0.6 is 0 Å². The van der Waals surface area contributed by atoms with Gasteiger partial charge in [0.15, 0.2) is 0 Å². The van der Waals surface area contributed by atoms with Gasteiger partial charge in [-0.05, 0) is 44.1 Å². The van der Waals surface area contributed by atoms with Crippen molar-refractivity contribution >= 4 is 5.91 Å². The van der Waals surface area contributed by atoms with Crippen molar-refractivity contribution in [3.63, 3.8) is 0 Å². The van der Waals surface area contributed by atoms with E-state index in [-0.39, 0.29) is 11.8 Å². The van der Waals surface area contributed by atoms with E-state index in [2.05, 4.69) is 61.2 Å². The van der Waals surface area contributed by atoms with E-state index in [1.54, 1.807) is 6.26 Å². The molecule has 2 aromatic heterocycles. The Morgan fingerprint density at radius 1 is 1.12 bits per heavy atom. The van der Waals surface area contributed by atoms with Gasteiger partial charge in [0, 0.05) is 57.7 Å². The molecule has 0 bridgehead atoms. The van der Waals surface area contributed by atoms with Gasteiger partial charge in [-0.3, -0.25) is 9.69 Å². The van der Waals surface area contributed by atoms with E-state index in [4.69, 9.17) is 4.42 Å². The zero-order valence-electron chi connectivity index (χ0n) is 19.9. The molecule has 1 saturated heterocycles. The van der Waals surface area contributed by atoms with Gasteiger partial charge in [0.25, 0.3) is 0 Å². The predicted octanol–water partition coefficient (Wildman–Crippen LogP) is 2.60. The van der Waals surface area contributed by atoms with Gasteiger partial charge in [0.05, 0.1) is 12.2 Å². The molecule has 1 aromatic carbocycles. The number of nitrogens with one attached hydrogen (secondary N) is 1. The van der Waals surface area contributed by atoms with Gasteiger partial charge in [-0.1, -0.05) is 24.3 Å². The van der Waals surface area contributed by atoms with E-state index in [0.717, 1.165) is 87.9 Å². The number of carbonyl (C=O) groups is 1. The van der Waals surface area contributed by atoms with Gasteiger partial charge in [-0.25, -0.2) is 0 Å². The minimum Gasteiger partial charge on any atom is -0.464 e. The second kappa shape index (κ2) is 10.5. The van der Waals surface area contributed by atoms with Crippen LogP contribution in [-0.2, 0) is 30.7 Å². The van der Waals surface area contributed by atoms with E-state index < -0.39 is 0 Å². The summed E-state index contributed by atoms with van der Waals surface area (Å²) < 4.78 is 7.74. The summed E-state index contributed by atoms with van der Waals surface area (Å²) in [6.45, 7) is 6.27. The van der Waals surface area contributed by atoms with Crippen molar-refractivity contribution in [3.05, 3.63) is 59.9 Å². The summed E-state index contributed by atoms with van der Waals surface area (Å²) in [4.78, 5) is 17.2. The van der Waals surface area contributed by atoms with E-state index in [1.807, 2.05) is 12.1 Å². The first kappa shape index (κ1) is 22.8. The monoisotopic (exact) mass is 462 g/mol.